The zero-order valence-corrected chi connectivity index (χ0v) is 26.9. The van der Waals surface area contributed by atoms with Crippen molar-refractivity contribution < 1.29 is 27.5 Å². The number of nitrogens with one attached hydrogen (secondary N) is 2. The normalized spacial score (nSPS) is 18.3. The van der Waals surface area contributed by atoms with Gasteiger partial charge in [0.25, 0.3) is 0 Å². The van der Waals surface area contributed by atoms with E-state index in [4.69, 9.17) is 0 Å². The van der Waals surface area contributed by atoms with Crippen molar-refractivity contribution in [2.75, 3.05) is 31.6 Å². The highest BCUT2D eigenvalue weighted by Crippen LogP contribution is 2.36. The minimum Gasteiger partial charge on any atom is -0.481 e. The molecule has 12 heteroatoms. The standard InChI is InChI=1S/C32H41FN4O5S2/c1-20(2)24-17-23-15-22(7-8-30(38)39)16-28(31(23)34-19-24)44(41,42)36-26(18-29-35-25-5-3-4-6-27(25)43-29)32(40)37-13-10-21(9-12-33)11-14-37/h3-6,15-16,20-21,24,26,34,36H,7-14,17-19H2,1-2H3,(H,38,39). The number of aliphatic carboxylic acids is 1. The zero-order valence-electron chi connectivity index (χ0n) is 25.2. The topological polar surface area (TPSA) is 129 Å². The van der Waals surface area contributed by atoms with Crippen molar-refractivity contribution in [1.82, 2.24) is 14.6 Å². The smallest absolute Gasteiger partial charge is 0.303 e. The van der Waals surface area contributed by atoms with Crippen LogP contribution >= 0.6 is 11.3 Å². The Morgan fingerprint density at radius 3 is 2.64 bits per heavy atom. The number of aromatic nitrogens is 1. The maximum absolute atomic E-state index is 14.2. The largest absolute Gasteiger partial charge is 0.481 e. The first-order valence-electron chi connectivity index (χ1n) is 15.4. The number of likely N-dealkylation sites (tertiary alicyclic amines) is 1. The van der Waals surface area contributed by atoms with E-state index >= 15 is 0 Å². The molecule has 9 nitrogen and oxygen atoms in total. The molecule has 238 valence electrons. The molecular weight excluding hydrogens is 604 g/mol. The number of aryl methyl sites for hydroxylation is 1. The number of para-hydroxylation sites is 1. The number of amides is 1. The predicted molar refractivity (Wildman–Crippen MR) is 170 cm³/mol. The van der Waals surface area contributed by atoms with Crippen LogP contribution in [0.5, 0.6) is 0 Å². The van der Waals surface area contributed by atoms with Crippen LogP contribution in [0.15, 0.2) is 41.3 Å². The van der Waals surface area contributed by atoms with Crippen LogP contribution in [0.3, 0.4) is 0 Å². The maximum Gasteiger partial charge on any atom is 0.303 e. The Kier molecular flexibility index (Phi) is 10.2. The summed E-state index contributed by atoms with van der Waals surface area (Å²) in [7, 11) is -4.23. The molecule has 0 bridgehead atoms. The lowest BCUT2D eigenvalue weighted by molar-refractivity contribution is -0.137. The number of piperidine rings is 1. The van der Waals surface area contributed by atoms with Gasteiger partial charge in [-0.3, -0.25) is 14.0 Å². The number of carboxylic acid groups (broad SMARTS) is 1. The number of hydrogen-bond donors (Lipinski definition) is 3. The number of thiazole rings is 1. The van der Waals surface area contributed by atoms with Gasteiger partial charge < -0.3 is 15.3 Å². The molecule has 3 N–H and O–H groups in total. The van der Waals surface area contributed by atoms with E-state index in [1.807, 2.05) is 30.3 Å². The fraction of sp³-hybridized carbons (Fsp3) is 0.531. The molecule has 1 aromatic heterocycles. The van der Waals surface area contributed by atoms with Crippen LogP contribution in [0.4, 0.5) is 10.1 Å². The molecule has 1 fully saturated rings. The van der Waals surface area contributed by atoms with Crippen molar-refractivity contribution in [2.45, 2.75) is 69.7 Å². The molecule has 44 heavy (non-hydrogen) atoms. The summed E-state index contributed by atoms with van der Waals surface area (Å²) < 4.78 is 45.1. The zero-order chi connectivity index (χ0) is 31.4. The van der Waals surface area contributed by atoms with E-state index in [0.717, 1.165) is 15.8 Å². The van der Waals surface area contributed by atoms with Gasteiger partial charge in [0.1, 0.15) is 10.9 Å². The first-order chi connectivity index (χ1) is 21.0. The highest BCUT2D eigenvalue weighted by Gasteiger charge is 2.35. The number of carboxylic acids is 1. The van der Waals surface area contributed by atoms with Gasteiger partial charge in [0.15, 0.2) is 0 Å². The molecule has 5 rings (SSSR count). The fourth-order valence-corrected chi connectivity index (χ4v) is 8.67. The molecule has 2 atom stereocenters. The van der Waals surface area contributed by atoms with Crippen LogP contribution in [-0.2, 0) is 38.9 Å². The highest BCUT2D eigenvalue weighted by atomic mass is 32.2. The van der Waals surface area contributed by atoms with Crippen molar-refractivity contribution in [1.29, 1.82) is 0 Å². The number of alkyl halides is 1. The average Bonchev–Trinajstić information content (AvgIpc) is 3.41. The van der Waals surface area contributed by atoms with Gasteiger partial charge in [-0.25, -0.2) is 13.4 Å². The van der Waals surface area contributed by atoms with Gasteiger partial charge in [-0.15, -0.1) is 11.3 Å². The van der Waals surface area contributed by atoms with Gasteiger partial charge in [-0.1, -0.05) is 32.0 Å². The Morgan fingerprint density at radius 1 is 1.20 bits per heavy atom. The van der Waals surface area contributed by atoms with Gasteiger partial charge in [-0.2, -0.15) is 4.72 Å². The van der Waals surface area contributed by atoms with Crippen LogP contribution in [0.1, 0.15) is 55.7 Å². The number of fused-ring (bicyclic) bond motifs is 2. The molecule has 2 aliphatic rings. The molecular formula is C32H41FN4O5S2. The number of carbonyl (C=O) groups excluding carboxylic acids is 1. The Bertz CT molecular complexity index is 1570. The summed E-state index contributed by atoms with van der Waals surface area (Å²) in [5.41, 5.74) is 2.76. The second-order valence-corrected chi connectivity index (χ2v) is 15.1. The number of carbonyl (C=O) groups is 2. The second kappa shape index (κ2) is 13.9. The third-order valence-corrected chi connectivity index (χ3v) is 11.4. The number of nitrogens with zero attached hydrogens (tertiary/aromatic N) is 2. The monoisotopic (exact) mass is 644 g/mol. The van der Waals surface area contributed by atoms with Crippen molar-refractivity contribution >= 4 is 49.1 Å². The fourth-order valence-electron chi connectivity index (χ4n) is 6.19. The van der Waals surface area contributed by atoms with Crippen LogP contribution < -0.4 is 10.0 Å². The quantitative estimate of drug-likeness (QED) is 0.252. The average molecular weight is 645 g/mol. The molecule has 1 saturated heterocycles. The second-order valence-electron chi connectivity index (χ2n) is 12.3. The summed E-state index contributed by atoms with van der Waals surface area (Å²) in [5, 5.41) is 13.3. The van der Waals surface area contributed by atoms with Gasteiger partial charge in [-0.05, 0) is 79.2 Å². The molecule has 0 aliphatic carbocycles. The Morgan fingerprint density at radius 2 is 1.95 bits per heavy atom. The van der Waals surface area contributed by atoms with E-state index < -0.39 is 22.0 Å². The van der Waals surface area contributed by atoms with Crippen molar-refractivity contribution in [3.05, 3.63) is 52.5 Å². The van der Waals surface area contributed by atoms with Crippen LogP contribution in [-0.4, -0.2) is 67.6 Å². The molecule has 3 aromatic rings. The first-order valence-corrected chi connectivity index (χ1v) is 17.7. The van der Waals surface area contributed by atoms with E-state index in [1.165, 1.54) is 17.4 Å². The minimum absolute atomic E-state index is 0.0290. The number of rotatable bonds is 12. The minimum atomic E-state index is -4.23. The van der Waals surface area contributed by atoms with Gasteiger partial charge in [0, 0.05) is 32.5 Å². The van der Waals surface area contributed by atoms with E-state index in [0.29, 0.717) is 73.4 Å². The molecule has 0 saturated carbocycles. The summed E-state index contributed by atoms with van der Waals surface area (Å²) in [6.45, 7) is 5.37. The summed E-state index contributed by atoms with van der Waals surface area (Å²) in [6, 6.07) is 9.97. The van der Waals surface area contributed by atoms with Gasteiger partial charge in [0.05, 0.1) is 27.6 Å². The molecule has 2 aliphatic heterocycles. The summed E-state index contributed by atoms with van der Waals surface area (Å²) in [6.07, 6.45) is 2.66. The first kappa shape index (κ1) is 32.3. The van der Waals surface area contributed by atoms with Crippen molar-refractivity contribution in [3.63, 3.8) is 0 Å². The third-order valence-electron chi connectivity index (χ3n) is 8.88. The van der Waals surface area contributed by atoms with Gasteiger partial charge >= 0.3 is 5.97 Å². The highest BCUT2D eigenvalue weighted by molar-refractivity contribution is 7.89. The van der Waals surface area contributed by atoms with E-state index in [2.05, 4.69) is 28.9 Å². The summed E-state index contributed by atoms with van der Waals surface area (Å²) >= 11 is 1.43. The molecule has 0 radical (unpaired) electrons. The number of anilines is 1. The van der Waals surface area contributed by atoms with Crippen LogP contribution in [0, 0.1) is 17.8 Å². The third kappa shape index (κ3) is 7.58. The molecule has 2 unspecified atom stereocenters. The Balaban J connectivity index is 1.47. The number of hydrogen-bond acceptors (Lipinski definition) is 7. The summed E-state index contributed by atoms with van der Waals surface area (Å²) in [4.78, 5) is 31.7. The molecule has 2 aromatic carbocycles. The lowest BCUT2D eigenvalue weighted by atomic mass is 9.85. The number of halogens is 1. The predicted octanol–water partition coefficient (Wildman–Crippen LogP) is 5.04. The van der Waals surface area contributed by atoms with Gasteiger partial charge in [0.2, 0.25) is 15.9 Å². The maximum atomic E-state index is 14.2. The van der Waals surface area contributed by atoms with Crippen LogP contribution in [0.2, 0.25) is 0 Å². The van der Waals surface area contributed by atoms with E-state index in [9.17, 15) is 27.5 Å². The summed E-state index contributed by atoms with van der Waals surface area (Å²) in [5.74, 6) is -0.393. The Hall–Kier alpha value is -3.09. The Labute approximate surface area is 262 Å². The van der Waals surface area contributed by atoms with E-state index in [-0.39, 0.29) is 42.7 Å². The SMILES string of the molecule is CC(C)C1CNc2c(cc(CCC(=O)O)cc2S(=O)(=O)NC(Cc2nc3ccccc3s2)C(=O)N2CCC(CCF)CC2)C1. The van der Waals surface area contributed by atoms with Crippen molar-refractivity contribution in [2.24, 2.45) is 17.8 Å². The molecule has 3 heterocycles. The molecule has 0 spiro atoms. The number of sulfonamides is 1. The lowest BCUT2D eigenvalue weighted by Crippen LogP contribution is -2.51. The van der Waals surface area contributed by atoms with Crippen LogP contribution in [0.25, 0.3) is 10.2 Å². The lowest BCUT2D eigenvalue weighted by Gasteiger charge is -2.34. The van der Waals surface area contributed by atoms with Crippen molar-refractivity contribution in [3.8, 4) is 0 Å². The van der Waals surface area contributed by atoms with E-state index in [1.54, 1.807) is 4.90 Å². The molecule has 1 amide bonds. The number of benzene rings is 2.